The quantitative estimate of drug-likeness (QED) is 0.870. The van der Waals surface area contributed by atoms with Crippen molar-refractivity contribution in [1.29, 1.82) is 5.26 Å². The van der Waals surface area contributed by atoms with E-state index in [0.29, 0.717) is 17.8 Å². The molecule has 0 saturated carbocycles. The van der Waals surface area contributed by atoms with E-state index in [0.717, 1.165) is 31.5 Å². The van der Waals surface area contributed by atoms with Gasteiger partial charge in [-0.1, -0.05) is 36.4 Å². The highest BCUT2D eigenvalue weighted by Gasteiger charge is 2.26. The van der Waals surface area contributed by atoms with Gasteiger partial charge in [0.05, 0.1) is 24.3 Å². The fraction of sp³-hybridized carbons (Fsp3) is 0.333. The van der Waals surface area contributed by atoms with Crippen LogP contribution in [0, 0.1) is 17.2 Å². The second-order valence-corrected chi connectivity index (χ2v) is 6.71. The molecule has 1 amide bonds. The van der Waals surface area contributed by atoms with Crippen LogP contribution in [0.4, 0.5) is 5.69 Å². The Bertz CT molecular complexity index is 777. The van der Waals surface area contributed by atoms with Gasteiger partial charge in [-0.25, -0.2) is 0 Å². The van der Waals surface area contributed by atoms with Gasteiger partial charge in [0, 0.05) is 5.69 Å². The Morgan fingerprint density at radius 1 is 1.19 bits per heavy atom. The lowest BCUT2D eigenvalue weighted by atomic mass is 9.87. The lowest BCUT2D eigenvalue weighted by Crippen LogP contribution is -2.40. The number of amides is 1. The normalized spacial score (nSPS) is 16.6. The van der Waals surface area contributed by atoms with E-state index in [9.17, 15) is 9.90 Å². The Morgan fingerprint density at radius 2 is 1.92 bits per heavy atom. The maximum atomic E-state index is 12.2. The first kappa shape index (κ1) is 18.1. The number of nitrogens with one attached hydrogen (secondary N) is 1. The van der Waals surface area contributed by atoms with Crippen LogP contribution in [0.25, 0.3) is 0 Å². The van der Waals surface area contributed by atoms with Crippen LogP contribution in [-0.2, 0) is 4.79 Å². The number of hydrogen-bond donors (Lipinski definition) is 2. The number of anilines is 1. The molecule has 0 bridgehead atoms. The minimum atomic E-state index is -0.444. The van der Waals surface area contributed by atoms with Crippen molar-refractivity contribution in [3.63, 3.8) is 0 Å². The Balaban J connectivity index is 1.47. The molecule has 5 heteroatoms. The maximum Gasteiger partial charge on any atom is 0.238 e. The third-order valence-corrected chi connectivity index (χ3v) is 4.86. The summed E-state index contributed by atoms with van der Waals surface area (Å²) in [4.78, 5) is 14.3. The fourth-order valence-corrected chi connectivity index (χ4v) is 3.42. The number of piperidine rings is 1. The molecular weight excluding hydrogens is 326 g/mol. The zero-order valence-corrected chi connectivity index (χ0v) is 14.6. The highest BCUT2D eigenvalue weighted by molar-refractivity contribution is 5.92. The van der Waals surface area contributed by atoms with Crippen molar-refractivity contribution in [2.45, 2.75) is 18.9 Å². The predicted octanol–water partition coefficient (Wildman–Crippen LogP) is 2.94. The van der Waals surface area contributed by atoms with Crippen molar-refractivity contribution >= 4 is 11.6 Å². The molecule has 0 radical (unpaired) electrons. The minimum Gasteiger partial charge on any atom is -0.388 e. The molecule has 1 heterocycles. The minimum absolute atomic E-state index is 0.0813. The first-order chi connectivity index (χ1) is 12.7. The molecule has 5 nitrogen and oxygen atoms in total. The number of aliphatic hydroxyl groups excluding tert-OH is 1. The summed E-state index contributed by atoms with van der Waals surface area (Å²) in [5, 5.41) is 22.3. The van der Waals surface area contributed by atoms with Crippen LogP contribution >= 0.6 is 0 Å². The van der Waals surface area contributed by atoms with Crippen molar-refractivity contribution < 1.29 is 9.90 Å². The van der Waals surface area contributed by atoms with Gasteiger partial charge >= 0.3 is 0 Å². The number of carbonyl (C=O) groups excluding carboxylic acids is 1. The van der Waals surface area contributed by atoms with E-state index in [4.69, 9.17) is 5.26 Å². The summed E-state index contributed by atoms with van der Waals surface area (Å²) in [6.07, 6.45) is 1.29. The molecule has 0 aliphatic carbocycles. The molecular formula is C21H23N3O2. The molecule has 26 heavy (non-hydrogen) atoms. The topological polar surface area (TPSA) is 76.4 Å². The average Bonchev–Trinajstić information content (AvgIpc) is 2.69. The van der Waals surface area contributed by atoms with Crippen molar-refractivity contribution in [3.05, 3.63) is 65.7 Å². The number of hydrogen-bond acceptors (Lipinski definition) is 4. The molecule has 1 unspecified atom stereocenters. The van der Waals surface area contributed by atoms with Gasteiger partial charge in [-0.05, 0) is 55.6 Å². The fourth-order valence-electron chi connectivity index (χ4n) is 3.42. The summed E-state index contributed by atoms with van der Waals surface area (Å²) in [5.74, 6) is 0.145. The standard InChI is InChI=1S/C21H23N3O2/c22-14-16-5-4-8-19(13-16)23-20(25)15-24-11-9-18(10-12-24)21(26)17-6-2-1-3-7-17/h1-8,13,18,21,26H,9-12,15H2,(H,23,25). The van der Waals surface area contributed by atoms with Gasteiger partial charge in [0.15, 0.2) is 0 Å². The molecule has 1 saturated heterocycles. The van der Waals surface area contributed by atoms with Crippen LogP contribution in [0.5, 0.6) is 0 Å². The van der Waals surface area contributed by atoms with Crippen molar-refractivity contribution in [2.24, 2.45) is 5.92 Å². The van der Waals surface area contributed by atoms with Gasteiger partial charge in [-0.2, -0.15) is 5.26 Å². The van der Waals surface area contributed by atoms with Crippen LogP contribution in [0.3, 0.4) is 0 Å². The van der Waals surface area contributed by atoms with Gasteiger partial charge in [0.25, 0.3) is 0 Å². The summed E-state index contributed by atoms with van der Waals surface area (Å²) >= 11 is 0. The first-order valence-electron chi connectivity index (χ1n) is 8.91. The van der Waals surface area contributed by atoms with E-state index in [1.54, 1.807) is 24.3 Å². The second kappa shape index (κ2) is 8.61. The molecule has 1 aliphatic rings. The number of aliphatic hydroxyl groups is 1. The SMILES string of the molecule is N#Cc1cccc(NC(=O)CN2CCC(C(O)c3ccccc3)CC2)c1. The van der Waals surface area contributed by atoms with E-state index >= 15 is 0 Å². The molecule has 2 aromatic rings. The summed E-state index contributed by atoms with van der Waals surface area (Å²) < 4.78 is 0. The number of likely N-dealkylation sites (tertiary alicyclic amines) is 1. The smallest absolute Gasteiger partial charge is 0.238 e. The molecule has 1 atom stereocenters. The highest BCUT2D eigenvalue weighted by atomic mass is 16.3. The molecule has 1 aliphatic heterocycles. The van der Waals surface area contributed by atoms with Crippen LogP contribution in [0.1, 0.15) is 30.1 Å². The first-order valence-corrected chi connectivity index (χ1v) is 8.91. The molecule has 2 N–H and O–H groups in total. The number of carbonyl (C=O) groups is 1. The summed E-state index contributed by atoms with van der Waals surface area (Å²) in [7, 11) is 0. The van der Waals surface area contributed by atoms with Crippen LogP contribution in [0.15, 0.2) is 54.6 Å². The van der Waals surface area contributed by atoms with Crippen LogP contribution in [0.2, 0.25) is 0 Å². The largest absolute Gasteiger partial charge is 0.388 e. The van der Waals surface area contributed by atoms with Gasteiger partial charge in [0.1, 0.15) is 0 Å². The Hall–Kier alpha value is -2.68. The molecule has 3 rings (SSSR count). The summed E-state index contributed by atoms with van der Waals surface area (Å²) in [6.45, 7) is 1.91. The molecule has 134 valence electrons. The summed E-state index contributed by atoms with van der Waals surface area (Å²) in [6, 6.07) is 18.7. The van der Waals surface area contributed by atoms with Gasteiger partial charge in [0.2, 0.25) is 5.91 Å². The molecule has 0 spiro atoms. The van der Waals surface area contributed by atoms with Crippen molar-refractivity contribution in [1.82, 2.24) is 4.90 Å². The summed E-state index contributed by atoms with van der Waals surface area (Å²) in [5.41, 5.74) is 2.13. The molecule has 2 aromatic carbocycles. The zero-order chi connectivity index (χ0) is 18.4. The number of nitriles is 1. The lowest BCUT2D eigenvalue weighted by Gasteiger charge is -2.34. The maximum absolute atomic E-state index is 12.2. The third kappa shape index (κ3) is 4.69. The van der Waals surface area contributed by atoms with Gasteiger partial charge in [-0.3, -0.25) is 9.69 Å². The molecule has 0 aromatic heterocycles. The lowest BCUT2D eigenvalue weighted by molar-refractivity contribution is -0.117. The second-order valence-electron chi connectivity index (χ2n) is 6.71. The van der Waals surface area contributed by atoms with Crippen LogP contribution < -0.4 is 5.32 Å². The highest BCUT2D eigenvalue weighted by Crippen LogP contribution is 2.30. The number of benzene rings is 2. The van der Waals surface area contributed by atoms with E-state index in [1.807, 2.05) is 30.3 Å². The Kier molecular flexibility index (Phi) is 6.00. The predicted molar refractivity (Wildman–Crippen MR) is 100 cm³/mol. The van der Waals surface area contributed by atoms with Crippen molar-refractivity contribution in [2.75, 3.05) is 25.0 Å². The van der Waals surface area contributed by atoms with Crippen LogP contribution in [-0.4, -0.2) is 35.5 Å². The van der Waals surface area contributed by atoms with E-state index in [-0.39, 0.29) is 11.8 Å². The molecule has 1 fully saturated rings. The van der Waals surface area contributed by atoms with Crippen molar-refractivity contribution in [3.8, 4) is 6.07 Å². The Labute approximate surface area is 153 Å². The van der Waals surface area contributed by atoms with Gasteiger partial charge in [-0.15, -0.1) is 0 Å². The Morgan fingerprint density at radius 3 is 2.62 bits per heavy atom. The van der Waals surface area contributed by atoms with Gasteiger partial charge < -0.3 is 10.4 Å². The monoisotopic (exact) mass is 349 g/mol. The zero-order valence-electron chi connectivity index (χ0n) is 14.6. The van der Waals surface area contributed by atoms with E-state index < -0.39 is 6.10 Å². The number of rotatable bonds is 5. The average molecular weight is 349 g/mol. The van der Waals surface area contributed by atoms with E-state index in [2.05, 4.69) is 16.3 Å². The third-order valence-electron chi connectivity index (χ3n) is 4.86. The number of nitrogens with zero attached hydrogens (tertiary/aromatic N) is 2. The van der Waals surface area contributed by atoms with E-state index in [1.165, 1.54) is 0 Å².